The van der Waals surface area contributed by atoms with Crippen molar-refractivity contribution in [3.63, 3.8) is 0 Å². The summed E-state index contributed by atoms with van der Waals surface area (Å²) in [4.78, 5) is -0.867. The van der Waals surface area contributed by atoms with Crippen LogP contribution in [0.2, 0.25) is 0 Å². The summed E-state index contributed by atoms with van der Waals surface area (Å²) >= 11 is 0.414. The Balaban J connectivity index is 0.000000411. The lowest BCUT2D eigenvalue weighted by Crippen LogP contribution is -2.07. The summed E-state index contributed by atoms with van der Waals surface area (Å²) in [6.07, 6.45) is 9.00. The van der Waals surface area contributed by atoms with E-state index >= 15 is 0 Å². The zero-order valence-corrected chi connectivity index (χ0v) is 17.0. The second-order valence-electron chi connectivity index (χ2n) is 5.96. The van der Waals surface area contributed by atoms with Gasteiger partial charge in [-0.3, -0.25) is 4.72 Å². The second kappa shape index (κ2) is 13.4. The van der Waals surface area contributed by atoms with Gasteiger partial charge in [-0.25, -0.2) is 8.78 Å². The Morgan fingerprint density at radius 1 is 0.786 bits per heavy atom. The fourth-order valence-corrected chi connectivity index (χ4v) is 3.28. The maximum atomic E-state index is 13.4. The van der Waals surface area contributed by atoms with Gasteiger partial charge >= 0.3 is 0 Å². The third-order valence-electron chi connectivity index (χ3n) is 3.99. The first-order chi connectivity index (χ1) is 13.5. The van der Waals surface area contributed by atoms with Gasteiger partial charge < -0.3 is 5.11 Å². The highest BCUT2D eigenvalue weighted by Crippen LogP contribution is 2.33. The second-order valence-corrected chi connectivity index (χ2v) is 6.86. The topological polar surface area (TPSA) is 32.3 Å². The minimum atomic E-state index is -1.81. The number of benzene rings is 2. The Kier molecular flexibility index (Phi) is 11.7. The van der Waals surface area contributed by atoms with E-state index in [9.17, 15) is 17.6 Å². The molecule has 3 rings (SSSR count). The van der Waals surface area contributed by atoms with E-state index in [1.807, 2.05) is 13.8 Å². The van der Waals surface area contributed by atoms with Gasteiger partial charge in [0.05, 0.1) is 0 Å². The van der Waals surface area contributed by atoms with Gasteiger partial charge in [-0.05, 0) is 17.5 Å². The molecular formula is C21H27F4NOS. The maximum absolute atomic E-state index is 13.4. The molecule has 0 aromatic heterocycles. The van der Waals surface area contributed by atoms with Gasteiger partial charge in [-0.15, -0.1) is 0 Å². The molecule has 0 radical (unpaired) electrons. The minimum Gasteiger partial charge on any atom is -0.503 e. The average Bonchev–Trinajstić information content (AvgIpc) is 2.77. The molecule has 156 valence electrons. The Bertz CT molecular complexity index is 669. The van der Waals surface area contributed by atoms with Crippen molar-refractivity contribution in [2.24, 2.45) is 0 Å². The first-order valence-electron chi connectivity index (χ1n) is 9.51. The van der Waals surface area contributed by atoms with Crippen molar-refractivity contribution >= 4 is 11.9 Å². The van der Waals surface area contributed by atoms with E-state index in [1.54, 1.807) is 30.3 Å². The lowest BCUT2D eigenvalue weighted by atomic mass is 10.0. The zero-order valence-electron chi connectivity index (χ0n) is 16.2. The van der Waals surface area contributed by atoms with Crippen LogP contribution in [0.4, 0.5) is 17.6 Å². The Hall–Kier alpha value is -1.73. The summed E-state index contributed by atoms with van der Waals surface area (Å²) in [5.41, 5.74) is 0.834. The third kappa shape index (κ3) is 7.36. The number of rotatable bonds is 4. The molecular weight excluding hydrogens is 390 g/mol. The van der Waals surface area contributed by atoms with Gasteiger partial charge in [0.1, 0.15) is 4.90 Å². The fraction of sp³-hybridized carbons (Fsp3) is 0.429. The van der Waals surface area contributed by atoms with Gasteiger partial charge in [0.2, 0.25) is 11.6 Å². The highest BCUT2D eigenvalue weighted by atomic mass is 32.2. The van der Waals surface area contributed by atoms with Crippen LogP contribution in [0.5, 0.6) is 5.75 Å². The quantitative estimate of drug-likeness (QED) is 0.316. The highest BCUT2D eigenvalue weighted by molar-refractivity contribution is 7.97. The van der Waals surface area contributed by atoms with Gasteiger partial charge in [0.25, 0.3) is 0 Å². The standard InChI is InChI=1S/C13H9F4NOS.C6H12.C2H6/c14-8-10(16)13(11(17)9(15)12(8)19)20-18-6-7-4-2-1-3-5-7;1-2-4-6-5-3-1;1-2/h1-5,18-19H,6H2;1-6H2;1-2H3. The van der Waals surface area contributed by atoms with Crippen molar-refractivity contribution < 1.29 is 22.7 Å². The predicted molar refractivity (Wildman–Crippen MR) is 106 cm³/mol. The first kappa shape index (κ1) is 24.3. The van der Waals surface area contributed by atoms with Gasteiger partial charge in [0, 0.05) is 6.54 Å². The van der Waals surface area contributed by atoms with E-state index in [-0.39, 0.29) is 6.54 Å². The van der Waals surface area contributed by atoms with Crippen molar-refractivity contribution in [1.82, 2.24) is 4.72 Å². The molecule has 1 aliphatic carbocycles. The van der Waals surface area contributed by atoms with Crippen LogP contribution in [-0.2, 0) is 6.54 Å². The molecule has 2 N–H and O–H groups in total. The van der Waals surface area contributed by atoms with Crippen LogP contribution in [0, 0.1) is 23.3 Å². The maximum Gasteiger partial charge on any atom is 0.204 e. The molecule has 28 heavy (non-hydrogen) atoms. The number of hydrogen-bond donors (Lipinski definition) is 2. The van der Waals surface area contributed by atoms with Crippen LogP contribution in [0.3, 0.4) is 0 Å². The fourth-order valence-electron chi connectivity index (χ4n) is 2.54. The molecule has 0 amide bonds. The van der Waals surface area contributed by atoms with E-state index in [1.165, 1.54) is 38.5 Å². The molecule has 2 nitrogen and oxygen atoms in total. The van der Waals surface area contributed by atoms with Crippen molar-refractivity contribution in [3.8, 4) is 5.75 Å². The van der Waals surface area contributed by atoms with E-state index in [0.717, 1.165) is 5.56 Å². The Morgan fingerprint density at radius 3 is 1.64 bits per heavy atom. The summed E-state index contributed by atoms with van der Waals surface area (Å²) in [5.74, 6) is -8.55. The van der Waals surface area contributed by atoms with Crippen molar-refractivity contribution in [3.05, 3.63) is 59.2 Å². The summed E-state index contributed by atoms with van der Waals surface area (Å²) in [7, 11) is 0. The van der Waals surface area contributed by atoms with Crippen molar-refractivity contribution in [2.75, 3.05) is 0 Å². The number of phenols is 1. The van der Waals surface area contributed by atoms with Crippen LogP contribution in [0.25, 0.3) is 0 Å². The first-order valence-corrected chi connectivity index (χ1v) is 10.3. The molecule has 1 saturated carbocycles. The molecule has 2 aromatic rings. The molecule has 0 saturated heterocycles. The molecule has 0 heterocycles. The highest BCUT2D eigenvalue weighted by Gasteiger charge is 2.25. The van der Waals surface area contributed by atoms with Crippen molar-refractivity contribution in [2.45, 2.75) is 63.8 Å². The monoisotopic (exact) mass is 417 g/mol. The molecule has 1 fully saturated rings. The lowest BCUT2D eigenvalue weighted by Gasteiger charge is -2.09. The Labute approximate surface area is 168 Å². The lowest BCUT2D eigenvalue weighted by molar-refractivity contribution is 0.344. The van der Waals surface area contributed by atoms with Gasteiger partial charge in [-0.2, -0.15) is 8.78 Å². The van der Waals surface area contributed by atoms with Gasteiger partial charge in [-0.1, -0.05) is 82.7 Å². The number of nitrogens with one attached hydrogen (secondary N) is 1. The van der Waals surface area contributed by atoms with Crippen molar-refractivity contribution in [1.29, 1.82) is 0 Å². The predicted octanol–water partition coefficient (Wildman–Crippen LogP) is 7.11. The normalized spacial score (nSPS) is 13.1. The minimum absolute atomic E-state index is 0.245. The summed E-state index contributed by atoms with van der Waals surface area (Å²) < 4.78 is 55.7. The zero-order chi connectivity index (χ0) is 20.9. The number of halogens is 4. The number of aromatic hydroxyl groups is 1. The van der Waals surface area contributed by atoms with E-state index < -0.39 is 33.9 Å². The molecule has 0 spiro atoms. The van der Waals surface area contributed by atoms with Gasteiger partial charge in [0.15, 0.2) is 17.4 Å². The van der Waals surface area contributed by atoms with Crippen LogP contribution < -0.4 is 4.72 Å². The average molecular weight is 418 g/mol. The van der Waals surface area contributed by atoms with Crippen LogP contribution >= 0.6 is 11.9 Å². The van der Waals surface area contributed by atoms with Crippen LogP contribution in [0.15, 0.2) is 35.2 Å². The summed E-state index contributed by atoms with van der Waals surface area (Å²) in [5, 5.41) is 8.84. The molecule has 0 unspecified atom stereocenters. The molecule has 2 aromatic carbocycles. The summed E-state index contributed by atoms with van der Waals surface area (Å²) in [6, 6.07) is 8.92. The number of hydrogen-bond acceptors (Lipinski definition) is 3. The van der Waals surface area contributed by atoms with E-state index in [4.69, 9.17) is 5.11 Å². The molecule has 0 atom stereocenters. The smallest absolute Gasteiger partial charge is 0.204 e. The van der Waals surface area contributed by atoms with Crippen LogP contribution in [-0.4, -0.2) is 5.11 Å². The largest absolute Gasteiger partial charge is 0.503 e. The van der Waals surface area contributed by atoms with E-state index in [2.05, 4.69) is 4.72 Å². The summed E-state index contributed by atoms with van der Waals surface area (Å²) in [6.45, 7) is 4.24. The third-order valence-corrected chi connectivity index (χ3v) is 4.84. The molecule has 0 aliphatic heterocycles. The molecule has 0 bridgehead atoms. The molecule has 7 heteroatoms. The van der Waals surface area contributed by atoms with E-state index in [0.29, 0.717) is 11.9 Å². The number of phenolic OH excluding ortho intramolecular Hbond substituents is 1. The molecule has 1 aliphatic rings. The van der Waals surface area contributed by atoms with Crippen LogP contribution in [0.1, 0.15) is 57.9 Å². The SMILES string of the molecule is C1CCCCC1.CC.Oc1c(F)c(F)c(SNCc2ccccc2)c(F)c1F. The Morgan fingerprint density at radius 2 is 1.21 bits per heavy atom.